The average molecular weight is 331 g/mol. The summed E-state index contributed by atoms with van der Waals surface area (Å²) in [5, 5.41) is 9.28. The maximum atomic E-state index is 11.6. The van der Waals surface area contributed by atoms with Crippen molar-refractivity contribution in [2.45, 2.75) is 42.9 Å². The van der Waals surface area contributed by atoms with Crippen LogP contribution in [0.2, 0.25) is 0 Å². The van der Waals surface area contributed by atoms with E-state index in [2.05, 4.69) is 10.2 Å². The Morgan fingerprint density at radius 2 is 2.19 bits per heavy atom. The van der Waals surface area contributed by atoms with E-state index in [0.717, 1.165) is 36.2 Å². The SMILES string of the molecule is Cn1c(SC[C@H]2CCCCO2)nnc1[C@@H]1CCS(=O)(=O)C1. The molecule has 21 heavy (non-hydrogen) atoms. The lowest BCUT2D eigenvalue weighted by atomic mass is 10.1. The molecule has 1 aromatic heterocycles. The van der Waals surface area contributed by atoms with Gasteiger partial charge in [0.25, 0.3) is 0 Å². The van der Waals surface area contributed by atoms with Gasteiger partial charge in [-0.1, -0.05) is 11.8 Å². The van der Waals surface area contributed by atoms with Crippen molar-refractivity contribution in [1.29, 1.82) is 0 Å². The van der Waals surface area contributed by atoms with Gasteiger partial charge >= 0.3 is 0 Å². The predicted molar refractivity (Wildman–Crippen MR) is 81.3 cm³/mol. The van der Waals surface area contributed by atoms with E-state index in [0.29, 0.717) is 12.5 Å². The van der Waals surface area contributed by atoms with E-state index in [1.807, 2.05) is 11.6 Å². The summed E-state index contributed by atoms with van der Waals surface area (Å²) in [6, 6.07) is 0. The molecule has 6 nitrogen and oxygen atoms in total. The fourth-order valence-electron chi connectivity index (χ4n) is 2.91. The van der Waals surface area contributed by atoms with E-state index >= 15 is 0 Å². The van der Waals surface area contributed by atoms with E-state index in [1.54, 1.807) is 11.8 Å². The largest absolute Gasteiger partial charge is 0.377 e. The van der Waals surface area contributed by atoms with Gasteiger partial charge in [0.2, 0.25) is 0 Å². The number of ether oxygens (including phenoxy) is 1. The average Bonchev–Trinajstić information content (AvgIpc) is 3.00. The van der Waals surface area contributed by atoms with Crippen LogP contribution in [0.4, 0.5) is 0 Å². The highest BCUT2D eigenvalue weighted by Crippen LogP contribution is 2.30. The second-order valence-corrected chi connectivity index (χ2v) is 9.02. The highest BCUT2D eigenvalue weighted by molar-refractivity contribution is 7.99. The summed E-state index contributed by atoms with van der Waals surface area (Å²) in [7, 11) is -0.967. The monoisotopic (exact) mass is 331 g/mol. The molecule has 1 aromatic rings. The van der Waals surface area contributed by atoms with Crippen molar-refractivity contribution >= 4 is 21.6 Å². The van der Waals surface area contributed by atoms with Crippen LogP contribution in [0, 0.1) is 0 Å². The van der Waals surface area contributed by atoms with Crippen molar-refractivity contribution in [1.82, 2.24) is 14.8 Å². The molecular weight excluding hydrogens is 310 g/mol. The van der Waals surface area contributed by atoms with Gasteiger partial charge in [-0.25, -0.2) is 8.42 Å². The molecule has 0 amide bonds. The zero-order valence-electron chi connectivity index (χ0n) is 12.2. The standard InChI is InChI=1S/C13H21N3O3S2/c1-16-12(10-5-7-21(17,18)9-10)14-15-13(16)20-8-11-4-2-3-6-19-11/h10-11H,2-9H2,1H3/t10-,11-/m1/s1. The van der Waals surface area contributed by atoms with Crippen molar-refractivity contribution in [3.63, 3.8) is 0 Å². The summed E-state index contributed by atoms with van der Waals surface area (Å²) in [5.41, 5.74) is 0. The van der Waals surface area contributed by atoms with E-state index < -0.39 is 9.84 Å². The van der Waals surface area contributed by atoms with E-state index in [9.17, 15) is 8.42 Å². The Balaban J connectivity index is 1.62. The molecule has 3 rings (SSSR count). The minimum atomic E-state index is -2.89. The van der Waals surface area contributed by atoms with Crippen molar-refractivity contribution in [2.75, 3.05) is 23.9 Å². The minimum absolute atomic E-state index is 0.00668. The van der Waals surface area contributed by atoms with E-state index in [4.69, 9.17) is 4.74 Å². The van der Waals surface area contributed by atoms with E-state index in [1.165, 1.54) is 6.42 Å². The summed E-state index contributed by atoms with van der Waals surface area (Å²) in [6.07, 6.45) is 4.46. The van der Waals surface area contributed by atoms with Gasteiger partial charge in [-0.05, 0) is 25.7 Å². The first kappa shape index (κ1) is 15.3. The highest BCUT2D eigenvalue weighted by Gasteiger charge is 2.32. The Hall–Kier alpha value is -0.600. The Morgan fingerprint density at radius 1 is 1.33 bits per heavy atom. The molecule has 0 saturated carbocycles. The van der Waals surface area contributed by atoms with Crippen molar-refractivity contribution in [3.8, 4) is 0 Å². The second-order valence-electron chi connectivity index (χ2n) is 5.80. The van der Waals surface area contributed by atoms with Crippen LogP contribution in [0.1, 0.15) is 37.4 Å². The first-order valence-corrected chi connectivity index (χ1v) is 10.2. The Labute approximate surface area is 129 Å². The Bertz CT molecular complexity index is 594. The fourth-order valence-corrected chi connectivity index (χ4v) is 5.64. The van der Waals surface area contributed by atoms with Crippen LogP contribution < -0.4 is 0 Å². The summed E-state index contributed by atoms with van der Waals surface area (Å²) >= 11 is 1.65. The molecule has 2 aliphatic rings. The molecule has 2 aliphatic heterocycles. The molecular formula is C13H21N3O3S2. The molecule has 8 heteroatoms. The number of nitrogens with zero attached hydrogens (tertiary/aromatic N) is 3. The van der Waals surface area contributed by atoms with Crippen molar-refractivity contribution in [3.05, 3.63) is 5.82 Å². The quantitative estimate of drug-likeness (QED) is 0.776. The third-order valence-electron chi connectivity index (χ3n) is 4.14. The second kappa shape index (κ2) is 6.26. The topological polar surface area (TPSA) is 74.1 Å². The third kappa shape index (κ3) is 3.60. The Kier molecular flexibility index (Phi) is 4.56. The maximum absolute atomic E-state index is 11.6. The Morgan fingerprint density at radius 3 is 2.86 bits per heavy atom. The van der Waals surface area contributed by atoms with Crippen LogP contribution in [0.3, 0.4) is 0 Å². The summed E-state index contributed by atoms with van der Waals surface area (Å²) in [6.45, 7) is 0.856. The van der Waals surface area contributed by atoms with Gasteiger partial charge in [0.1, 0.15) is 5.82 Å². The first-order valence-electron chi connectivity index (χ1n) is 7.39. The molecule has 0 unspecified atom stereocenters. The van der Waals surface area contributed by atoms with Gasteiger partial charge in [0.15, 0.2) is 15.0 Å². The van der Waals surface area contributed by atoms with Gasteiger partial charge in [-0.3, -0.25) is 0 Å². The third-order valence-corrected chi connectivity index (χ3v) is 7.06. The lowest BCUT2D eigenvalue weighted by Crippen LogP contribution is -2.21. The number of rotatable bonds is 4. The number of aromatic nitrogens is 3. The van der Waals surface area contributed by atoms with Crippen LogP contribution in [-0.2, 0) is 21.6 Å². The molecule has 2 atom stereocenters. The van der Waals surface area contributed by atoms with Gasteiger partial charge in [0, 0.05) is 25.3 Å². The molecule has 0 N–H and O–H groups in total. The van der Waals surface area contributed by atoms with Gasteiger partial charge in [0.05, 0.1) is 17.6 Å². The summed E-state index contributed by atoms with van der Waals surface area (Å²) < 4.78 is 30.8. The number of sulfone groups is 1. The van der Waals surface area contributed by atoms with Gasteiger partial charge in [-0.2, -0.15) is 0 Å². The predicted octanol–water partition coefficient (Wildman–Crippen LogP) is 1.38. The normalized spacial score (nSPS) is 28.8. The van der Waals surface area contributed by atoms with Crippen LogP contribution in [0.15, 0.2) is 5.16 Å². The molecule has 118 valence electrons. The molecule has 0 bridgehead atoms. The van der Waals surface area contributed by atoms with Gasteiger partial charge in [-0.15, -0.1) is 10.2 Å². The lowest BCUT2D eigenvalue weighted by Gasteiger charge is -2.21. The zero-order chi connectivity index (χ0) is 14.9. The molecule has 0 spiro atoms. The van der Waals surface area contributed by atoms with Gasteiger partial charge < -0.3 is 9.30 Å². The molecule has 3 heterocycles. The van der Waals surface area contributed by atoms with Crippen LogP contribution in [-0.4, -0.2) is 53.2 Å². The smallest absolute Gasteiger partial charge is 0.191 e. The summed E-state index contributed by atoms with van der Waals surface area (Å²) in [5.74, 6) is 2.14. The maximum Gasteiger partial charge on any atom is 0.191 e. The highest BCUT2D eigenvalue weighted by atomic mass is 32.2. The summed E-state index contributed by atoms with van der Waals surface area (Å²) in [4.78, 5) is 0. The molecule has 2 saturated heterocycles. The van der Waals surface area contributed by atoms with E-state index in [-0.39, 0.29) is 17.4 Å². The zero-order valence-corrected chi connectivity index (χ0v) is 13.8. The molecule has 2 fully saturated rings. The van der Waals surface area contributed by atoms with Crippen molar-refractivity contribution < 1.29 is 13.2 Å². The van der Waals surface area contributed by atoms with Crippen LogP contribution in [0.5, 0.6) is 0 Å². The van der Waals surface area contributed by atoms with Crippen LogP contribution >= 0.6 is 11.8 Å². The van der Waals surface area contributed by atoms with Crippen molar-refractivity contribution in [2.24, 2.45) is 7.05 Å². The first-order chi connectivity index (χ1) is 10.1. The van der Waals surface area contributed by atoms with Crippen LogP contribution in [0.25, 0.3) is 0 Å². The molecule has 0 aliphatic carbocycles. The number of hydrogen-bond acceptors (Lipinski definition) is 6. The number of thioether (sulfide) groups is 1. The molecule has 0 radical (unpaired) electrons. The number of hydrogen-bond donors (Lipinski definition) is 0. The lowest BCUT2D eigenvalue weighted by molar-refractivity contribution is 0.0315. The minimum Gasteiger partial charge on any atom is -0.377 e. The fraction of sp³-hybridized carbons (Fsp3) is 0.846. The molecule has 0 aromatic carbocycles.